The van der Waals surface area contributed by atoms with E-state index in [1.807, 2.05) is 0 Å². The van der Waals surface area contributed by atoms with Crippen LogP contribution in [0.25, 0.3) is 61.7 Å². The smallest absolute Gasteiger partial charge is 0.417 e. The van der Waals surface area contributed by atoms with E-state index in [4.69, 9.17) is 4.42 Å². The van der Waals surface area contributed by atoms with Gasteiger partial charge >= 0.3 is 5.66 Å². The fourth-order valence-corrected chi connectivity index (χ4v) is 8.62. The van der Waals surface area contributed by atoms with Crippen molar-refractivity contribution >= 4 is 28.0 Å². The molecule has 0 N–H and O–H groups in total. The van der Waals surface area contributed by atoms with Crippen LogP contribution < -0.4 is 9.13 Å². The van der Waals surface area contributed by atoms with Gasteiger partial charge < -0.3 is 4.42 Å². The number of hydrogen-bond donors (Lipinski definition) is 0. The predicted molar refractivity (Wildman–Crippen MR) is 185 cm³/mol. The summed E-state index contributed by atoms with van der Waals surface area (Å²) in [5.41, 5.74) is 16.3. The van der Waals surface area contributed by atoms with Crippen LogP contribution in [0.4, 0.5) is 0 Å². The van der Waals surface area contributed by atoms with Crippen LogP contribution in [-0.4, -0.2) is 0 Å². The van der Waals surface area contributed by atoms with Crippen LogP contribution in [0.1, 0.15) is 54.2 Å². The molecule has 3 aliphatic rings. The third-order valence-electron chi connectivity index (χ3n) is 10.7. The van der Waals surface area contributed by atoms with Crippen LogP contribution in [0.5, 0.6) is 0 Å². The Labute approximate surface area is 268 Å². The number of aromatic nitrogens is 2. The Morgan fingerprint density at radius 2 is 1.46 bits per heavy atom. The first-order valence-corrected chi connectivity index (χ1v) is 16.3. The molecular formula is C43H34N2O+2. The molecule has 0 radical (unpaired) electrons. The molecule has 3 heteroatoms. The zero-order chi connectivity index (χ0) is 30.9. The second-order valence-corrected chi connectivity index (χ2v) is 14.2. The molecule has 0 fully saturated rings. The SMILES string of the molecule is Cc1ccccc1-c1cc2[n+](cc1C(C)(C)C)C1(c3ccccc3-c3cccc[n+]31)c1ccc3c(oc4c5c(ccc43)CC=C5)c1-2. The predicted octanol–water partition coefficient (Wildman–Crippen LogP) is 9.26. The average molecular weight is 595 g/mol. The van der Waals surface area contributed by atoms with Gasteiger partial charge in [0, 0.05) is 40.1 Å². The summed E-state index contributed by atoms with van der Waals surface area (Å²) in [5, 5.41) is 2.35. The fraction of sp³-hybridized carbons (Fsp3) is 0.163. The highest BCUT2D eigenvalue weighted by Crippen LogP contribution is 2.52. The first-order valence-electron chi connectivity index (χ1n) is 16.3. The molecule has 7 aromatic rings. The molecular weight excluding hydrogens is 560 g/mol. The molecule has 0 bridgehead atoms. The van der Waals surface area contributed by atoms with Crippen molar-refractivity contribution in [1.29, 1.82) is 0 Å². The van der Waals surface area contributed by atoms with E-state index >= 15 is 0 Å². The molecule has 46 heavy (non-hydrogen) atoms. The molecule has 0 saturated heterocycles. The van der Waals surface area contributed by atoms with Gasteiger partial charge in [0.1, 0.15) is 27.9 Å². The Morgan fingerprint density at radius 1 is 0.696 bits per heavy atom. The molecule has 2 aliphatic heterocycles. The molecule has 0 saturated carbocycles. The maximum Gasteiger partial charge on any atom is 0.417 e. The van der Waals surface area contributed by atoms with E-state index in [1.54, 1.807) is 0 Å². The molecule has 1 spiro atoms. The van der Waals surface area contributed by atoms with Crippen molar-refractivity contribution in [3.8, 4) is 33.6 Å². The van der Waals surface area contributed by atoms with Gasteiger partial charge in [-0.15, -0.1) is 9.13 Å². The lowest BCUT2D eigenvalue weighted by Gasteiger charge is -2.24. The van der Waals surface area contributed by atoms with Crippen LogP contribution in [0.15, 0.2) is 120 Å². The van der Waals surface area contributed by atoms with Crippen LogP contribution in [-0.2, 0) is 17.5 Å². The van der Waals surface area contributed by atoms with E-state index in [2.05, 4.69) is 158 Å². The van der Waals surface area contributed by atoms with Gasteiger partial charge in [-0.1, -0.05) is 81.5 Å². The third kappa shape index (κ3) is 3.08. The molecule has 220 valence electrons. The van der Waals surface area contributed by atoms with Gasteiger partial charge in [0.2, 0.25) is 11.4 Å². The first kappa shape index (κ1) is 26.0. The van der Waals surface area contributed by atoms with E-state index in [-0.39, 0.29) is 5.41 Å². The van der Waals surface area contributed by atoms with Crippen molar-refractivity contribution < 1.29 is 13.6 Å². The number of allylic oxidation sites excluding steroid dienone is 1. The molecule has 3 nitrogen and oxygen atoms in total. The van der Waals surface area contributed by atoms with Gasteiger partial charge in [-0.05, 0) is 71.3 Å². The minimum Gasteiger partial charge on any atom is -0.454 e. The van der Waals surface area contributed by atoms with Crippen molar-refractivity contribution in [2.24, 2.45) is 0 Å². The Bertz CT molecular complexity index is 2460. The van der Waals surface area contributed by atoms with Crippen LogP contribution >= 0.6 is 0 Å². The van der Waals surface area contributed by atoms with Crippen molar-refractivity contribution in [3.05, 3.63) is 149 Å². The monoisotopic (exact) mass is 594 g/mol. The van der Waals surface area contributed by atoms with E-state index in [1.165, 1.54) is 77.8 Å². The Kier molecular flexibility index (Phi) is 4.92. The fourth-order valence-electron chi connectivity index (χ4n) is 8.62. The van der Waals surface area contributed by atoms with E-state index in [9.17, 15) is 0 Å². The van der Waals surface area contributed by atoms with Gasteiger partial charge in [0.25, 0.3) is 0 Å². The molecule has 0 amide bonds. The molecule has 5 heterocycles. The van der Waals surface area contributed by atoms with Crippen molar-refractivity contribution in [2.45, 2.75) is 45.2 Å². The van der Waals surface area contributed by atoms with Gasteiger partial charge in [-0.2, -0.15) is 0 Å². The second-order valence-electron chi connectivity index (χ2n) is 14.2. The molecule has 1 aliphatic carbocycles. The minimum absolute atomic E-state index is 0.0977. The van der Waals surface area contributed by atoms with Gasteiger partial charge in [-0.3, -0.25) is 0 Å². The number of furan rings is 1. The number of rotatable bonds is 1. The summed E-state index contributed by atoms with van der Waals surface area (Å²) < 4.78 is 12.1. The lowest BCUT2D eigenvalue weighted by atomic mass is 9.81. The second kappa shape index (κ2) is 8.70. The van der Waals surface area contributed by atoms with Gasteiger partial charge in [0.15, 0.2) is 12.4 Å². The summed E-state index contributed by atoms with van der Waals surface area (Å²) in [6.07, 6.45) is 10.1. The number of hydrogen-bond acceptors (Lipinski definition) is 1. The maximum absolute atomic E-state index is 7.07. The van der Waals surface area contributed by atoms with Crippen LogP contribution in [0.3, 0.4) is 0 Å². The quantitative estimate of drug-likeness (QED) is 0.174. The zero-order valence-electron chi connectivity index (χ0n) is 26.6. The van der Waals surface area contributed by atoms with Gasteiger partial charge in [0.05, 0.1) is 5.56 Å². The standard InChI is InChI=1S/C43H34N2O/c1-26-12-5-6-14-28(26)33-24-38-39-35(22-21-31-30-20-19-27-13-11-16-29(27)40(30)46-41(31)39)43(45(38)25-36(33)42(2,3)4)34-17-8-7-15-32(34)37-18-9-10-23-44(37)43/h5-12,14-25H,13H2,1-4H3/q+2. The summed E-state index contributed by atoms with van der Waals surface area (Å²) >= 11 is 0. The van der Waals surface area contributed by atoms with Crippen molar-refractivity contribution in [2.75, 3.05) is 0 Å². The van der Waals surface area contributed by atoms with Crippen molar-refractivity contribution in [3.63, 3.8) is 0 Å². The largest absolute Gasteiger partial charge is 0.454 e. The highest BCUT2D eigenvalue weighted by molar-refractivity contribution is 6.12. The number of benzene rings is 4. The molecule has 3 aromatic heterocycles. The van der Waals surface area contributed by atoms with Crippen LogP contribution in [0, 0.1) is 6.92 Å². The molecule has 1 atom stereocenters. The Balaban J connectivity index is 1.42. The number of fused-ring (bicyclic) bond motifs is 16. The topological polar surface area (TPSA) is 20.9 Å². The van der Waals surface area contributed by atoms with Crippen LogP contribution in [0.2, 0.25) is 0 Å². The Hall–Kier alpha value is -5.28. The molecule has 4 aromatic carbocycles. The zero-order valence-corrected chi connectivity index (χ0v) is 26.6. The minimum atomic E-state index is -0.600. The van der Waals surface area contributed by atoms with E-state index < -0.39 is 5.66 Å². The normalized spacial score (nSPS) is 17.0. The number of nitrogens with zero attached hydrogens (tertiary/aromatic N) is 2. The summed E-state index contributed by atoms with van der Waals surface area (Å²) in [7, 11) is 0. The number of pyridine rings is 2. The summed E-state index contributed by atoms with van der Waals surface area (Å²) in [6.45, 7) is 9.23. The highest BCUT2D eigenvalue weighted by Gasteiger charge is 2.67. The highest BCUT2D eigenvalue weighted by atomic mass is 16.3. The summed E-state index contributed by atoms with van der Waals surface area (Å²) in [6, 6.07) is 36.0. The lowest BCUT2D eigenvalue weighted by Crippen LogP contribution is -2.71. The molecule has 10 rings (SSSR count). The summed E-state index contributed by atoms with van der Waals surface area (Å²) in [4.78, 5) is 0. The maximum atomic E-state index is 7.07. The Morgan fingerprint density at radius 3 is 2.30 bits per heavy atom. The van der Waals surface area contributed by atoms with E-state index in [0.29, 0.717) is 0 Å². The van der Waals surface area contributed by atoms with Crippen molar-refractivity contribution in [1.82, 2.24) is 0 Å². The first-order chi connectivity index (χ1) is 22.4. The number of aryl methyl sites for hydroxylation is 1. The third-order valence-corrected chi connectivity index (χ3v) is 10.7. The lowest BCUT2D eigenvalue weighted by molar-refractivity contribution is -0.955. The molecule has 1 unspecified atom stereocenters. The summed E-state index contributed by atoms with van der Waals surface area (Å²) in [5.74, 6) is 0. The average Bonchev–Trinajstić information content (AvgIpc) is 3.82. The van der Waals surface area contributed by atoms with E-state index in [0.717, 1.165) is 17.6 Å². The van der Waals surface area contributed by atoms with Gasteiger partial charge in [-0.25, -0.2) is 0 Å².